The van der Waals surface area contributed by atoms with Gasteiger partial charge in [-0.3, -0.25) is 9.10 Å². The predicted molar refractivity (Wildman–Crippen MR) is 129 cm³/mol. The lowest BCUT2D eigenvalue weighted by Crippen LogP contribution is -2.38. The average Bonchev–Trinajstić information content (AvgIpc) is 2.75. The smallest absolute Gasteiger partial charge is 0.264 e. The van der Waals surface area contributed by atoms with Crippen molar-refractivity contribution in [3.05, 3.63) is 82.3 Å². The van der Waals surface area contributed by atoms with E-state index < -0.39 is 22.5 Å². The van der Waals surface area contributed by atoms with Gasteiger partial charge in [0.2, 0.25) is 5.91 Å². The monoisotopic (exact) mass is 494 g/mol. The van der Waals surface area contributed by atoms with Gasteiger partial charge in [0.15, 0.2) is 0 Å². The summed E-state index contributed by atoms with van der Waals surface area (Å²) in [7, 11) is -3.99. The largest absolute Gasteiger partial charge is 0.323 e. The molecule has 0 atom stereocenters. The summed E-state index contributed by atoms with van der Waals surface area (Å²) < 4.78 is 27.9. The van der Waals surface area contributed by atoms with Crippen molar-refractivity contribution in [2.45, 2.75) is 16.7 Å². The van der Waals surface area contributed by atoms with Gasteiger partial charge >= 0.3 is 0 Å². The number of sulfonamides is 1. The molecule has 0 aromatic heterocycles. The van der Waals surface area contributed by atoms with Crippen LogP contribution >= 0.6 is 35.0 Å². The van der Waals surface area contributed by atoms with Crippen molar-refractivity contribution in [3.63, 3.8) is 0 Å². The minimum Gasteiger partial charge on any atom is -0.323 e. The van der Waals surface area contributed by atoms with E-state index in [1.54, 1.807) is 48.5 Å². The van der Waals surface area contributed by atoms with Crippen molar-refractivity contribution in [2.75, 3.05) is 22.4 Å². The first-order valence-electron chi connectivity index (χ1n) is 9.19. The number of halogens is 2. The molecule has 162 valence electrons. The molecule has 0 spiro atoms. The van der Waals surface area contributed by atoms with Gasteiger partial charge < -0.3 is 5.32 Å². The molecule has 0 bridgehead atoms. The SMILES string of the molecule is CSc1ccc(S(=O)(=O)N(CC(=O)Nc2ccc(Cl)cc2Cl)c2ccc(C)cc2)cc1. The van der Waals surface area contributed by atoms with Crippen LogP contribution in [-0.4, -0.2) is 27.1 Å². The third kappa shape index (κ3) is 5.74. The van der Waals surface area contributed by atoms with Gasteiger partial charge in [-0.25, -0.2) is 8.42 Å². The molecule has 1 amide bonds. The molecular weight excluding hydrogens is 475 g/mol. The maximum absolute atomic E-state index is 13.4. The van der Waals surface area contributed by atoms with Crippen LogP contribution in [0.4, 0.5) is 11.4 Å². The molecule has 9 heteroatoms. The van der Waals surface area contributed by atoms with E-state index in [9.17, 15) is 13.2 Å². The van der Waals surface area contributed by atoms with Crippen molar-refractivity contribution in [1.29, 1.82) is 0 Å². The normalized spacial score (nSPS) is 11.2. The molecule has 3 rings (SSSR count). The van der Waals surface area contributed by atoms with Gasteiger partial charge in [0.05, 0.1) is 21.3 Å². The molecule has 0 unspecified atom stereocenters. The summed E-state index contributed by atoms with van der Waals surface area (Å²) in [5.74, 6) is -0.533. The lowest BCUT2D eigenvalue weighted by Gasteiger charge is -2.24. The third-order valence-electron chi connectivity index (χ3n) is 4.46. The van der Waals surface area contributed by atoms with Crippen LogP contribution in [0, 0.1) is 6.92 Å². The number of carbonyl (C=O) groups excluding carboxylic acids is 1. The van der Waals surface area contributed by atoms with Crippen LogP contribution in [0.15, 0.2) is 76.5 Å². The number of carbonyl (C=O) groups is 1. The lowest BCUT2D eigenvalue weighted by molar-refractivity contribution is -0.114. The quantitative estimate of drug-likeness (QED) is 0.417. The summed E-state index contributed by atoms with van der Waals surface area (Å²) in [5, 5.41) is 3.35. The van der Waals surface area contributed by atoms with Crippen LogP contribution in [0.5, 0.6) is 0 Å². The fourth-order valence-electron chi connectivity index (χ4n) is 2.81. The van der Waals surface area contributed by atoms with Crippen LogP contribution < -0.4 is 9.62 Å². The molecule has 0 fully saturated rings. The molecule has 5 nitrogen and oxygen atoms in total. The molecule has 0 aliphatic carbocycles. The summed E-state index contributed by atoms with van der Waals surface area (Å²) in [6.45, 7) is 1.48. The number of rotatable bonds is 7. The first-order valence-corrected chi connectivity index (χ1v) is 12.6. The van der Waals surface area contributed by atoms with Crippen LogP contribution in [0.1, 0.15) is 5.56 Å². The molecule has 0 aliphatic rings. The molecule has 0 saturated carbocycles. The Morgan fingerprint density at radius 1 is 1.00 bits per heavy atom. The summed E-state index contributed by atoms with van der Waals surface area (Å²) in [4.78, 5) is 13.8. The number of amides is 1. The first kappa shape index (κ1) is 23.5. The molecule has 31 heavy (non-hydrogen) atoms. The fraction of sp³-hybridized carbons (Fsp3) is 0.136. The molecule has 3 aromatic rings. The Hall–Kier alpha value is -2.19. The van der Waals surface area contributed by atoms with Gasteiger partial charge in [-0.1, -0.05) is 40.9 Å². The Morgan fingerprint density at radius 2 is 1.65 bits per heavy atom. The Bertz CT molecular complexity index is 1180. The van der Waals surface area contributed by atoms with Gasteiger partial charge in [-0.2, -0.15) is 0 Å². The first-order chi connectivity index (χ1) is 14.7. The minimum absolute atomic E-state index is 0.100. The Labute approximate surface area is 196 Å². The van der Waals surface area contributed by atoms with Crippen molar-refractivity contribution < 1.29 is 13.2 Å². The van der Waals surface area contributed by atoms with Crippen molar-refractivity contribution in [3.8, 4) is 0 Å². The number of thioether (sulfide) groups is 1. The van der Waals surface area contributed by atoms with Gasteiger partial charge in [0.1, 0.15) is 6.54 Å². The summed E-state index contributed by atoms with van der Waals surface area (Å²) >= 11 is 13.5. The molecule has 0 saturated heterocycles. The van der Waals surface area contributed by atoms with Gasteiger partial charge in [-0.05, 0) is 67.8 Å². The molecular formula is C22H20Cl2N2O3S2. The standard InChI is InChI=1S/C22H20Cl2N2O3S2/c1-15-3-6-17(7-4-15)26(31(28,29)19-10-8-18(30-2)9-11-19)14-22(27)25-21-12-5-16(23)13-20(21)24/h3-13H,14H2,1-2H3,(H,25,27). The van der Waals surface area contributed by atoms with E-state index >= 15 is 0 Å². The lowest BCUT2D eigenvalue weighted by atomic mass is 10.2. The Morgan fingerprint density at radius 3 is 2.23 bits per heavy atom. The number of nitrogens with one attached hydrogen (secondary N) is 1. The third-order valence-corrected chi connectivity index (χ3v) is 7.54. The number of hydrogen-bond acceptors (Lipinski definition) is 4. The second kappa shape index (κ2) is 9.96. The highest BCUT2D eigenvalue weighted by molar-refractivity contribution is 7.98. The molecule has 0 radical (unpaired) electrons. The van der Waals surface area contributed by atoms with E-state index in [0.717, 1.165) is 14.8 Å². The van der Waals surface area contributed by atoms with E-state index in [0.29, 0.717) is 16.4 Å². The average molecular weight is 495 g/mol. The van der Waals surface area contributed by atoms with E-state index in [1.165, 1.54) is 30.0 Å². The molecule has 1 N–H and O–H groups in total. The minimum atomic E-state index is -3.99. The van der Waals surface area contributed by atoms with E-state index in [2.05, 4.69) is 5.32 Å². The molecule has 3 aromatic carbocycles. The maximum Gasteiger partial charge on any atom is 0.264 e. The van der Waals surface area contributed by atoms with Crippen molar-refractivity contribution in [2.24, 2.45) is 0 Å². The van der Waals surface area contributed by atoms with Crippen molar-refractivity contribution in [1.82, 2.24) is 0 Å². The zero-order chi connectivity index (χ0) is 22.6. The zero-order valence-electron chi connectivity index (χ0n) is 16.8. The van der Waals surface area contributed by atoms with Crippen LogP contribution in [0.25, 0.3) is 0 Å². The highest BCUT2D eigenvalue weighted by Crippen LogP contribution is 2.28. The van der Waals surface area contributed by atoms with Crippen molar-refractivity contribution >= 4 is 62.3 Å². The highest BCUT2D eigenvalue weighted by atomic mass is 35.5. The van der Waals surface area contributed by atoms with E-state index in [-0.39, 0.29) is 9.92 Å². The van der Waals surface area contributed by atoms with Gasteiger partial charge in [0.25, 0.3) is 10.0 Å². The van der Waals surface area contributed by atoms with Gasteiger partial charge in [-0.15, -0.1) is 11.8 Å². The Balaban J connectivity index is 1.94. The van der Waals surface area contributed by atoms with E-state index in [1.807, 2.05) is 13.2 Å². The van der Waals surface area contributed by atoms with Crippen LogP contribution in [-0.2, 0) is 14.8 Å². The molecule has 0 heterocycles. The fourth-order valence-corrected chi connectivity index (χ4v) is 5.10. The summed E-state index contributed by atoms with van der Waals surface area (Å²) in [6.07, 6.45) is 1.91. The number of anilines is 2. The second-order valence-corrected chi connectivity index (χ2v) is 10.3. The summed E-state index contributed by atoms with van der Waals surface area (Å²) in [6, 6.07) is 18.1. The highest BCUT2D eigenvalue weighted by Gasteiger charge is 2.27. The number of hydrogen-bond donors (Lipinski definition) is 1. The molecule has 0 aliphatic heterocycles. The number of benzene rings is 3. The number of nitrogens with zero attached hydrogens (tertiary/aromatic N) is 1. The number of aryl methyl sites for hydroxylation is 1. The second-order valence-electron chi connectivity index (χ2n) is 6.70. The topological polar surface area (TPSA) is 66.5 Å². The predicted octanol–water partition coefficient (Wildman–Crippen LogP) is 5.86. The zero-order valence-corrected chi connectivity index (χ0v) is 19.9. The van der Waals surface area contributed by atoms with Crippen LogP contribution in [0.2, 0.25) is 10.0 Å². The van der Waals surface area contributed by atoms with E-state index in [4.69, 9.17) is 23.2 Å². The van der Waals surface area contributed by atoms with Gasteiger partial charge in [0, 0.05) is 9.92 Å². The maximum atomic E-state index is 13.4. The summed E-state index contributed by atoms with van der Waals surface area (Å²) in [5.41, 5.74) is 1.71. The Kier molecular flexibility index (Phi) is 7.54. The van der Waals surface area contributed by atoms with Crippen LogP contribution in [0.3, 0.4) is 0 Å².